The predicted octanol–water partition coefficient (Wildman–Crippen LogP) is 0.0873. The van der Waals surface area contributed by atoms with Crippen LogP contribution in [0, 0.1) is 0 Å². The lowest BCUT2D eigenvalue weighted by Crippen LogP contribution is -2.67. The summed E-state index contributed by atoms with van der Waals surface area (Å²) < 4.78 is 50.9. The van der Waals surface area contributed by atoms with Crippen LogP contribution in [-0.2, 0) is 61.4 Å². The summed E-state index contributed by atoms with van der Waals surface area (Å²) in [6.45, 7) is 11.7. The molecule has 18 heteroatoms. The van der Waals surface area contributed by atoms with Gasteiger partial charge in [-0.25, -0.2) is 9.36 Å². The second kappa shape index (κ2) is 17.0. The molecule has 0 aromatic heterocycles. The van der Waals surface area contributed by atoms with Crippen molar-refractivity contribution in [2.75, 3.05) is 33.4 Å². The highest BCUT2D eigenvalue weighted by Crippen LogP contribution is 2.49. The molecule has 0 aromatic rings. The van der Waals surface area contributed by atoms with Crippen molar-refractivity contribution in [1.82, 2.24) is 10.6 Å². The van der Waals surface area contributed by atoms with Crippen LogP contribution >= 0.6 is 7.82 Å². The van der Waals surface area contributed by atoms with E-state index in [0.29, 0.717) is 19.6 Å². The number of hydrogen-bond acceptors (Lipinski definition) is 13. The van der Waals surface area contributed by atoms with Crippen LogP contribution in [0.4, 0.5) is 0 Å². The first kappa shape index (κ1) is 38.4. The van der Waals surface area contributed by atoms with Gasteiger partial charge in [-0.1, -0.05) is 4.62 Å². The summed E-state index contributed by atoms with van der Waals surface area (Å²) in [4.78, 5) is 71.5. The standard InChI is InChI=1S/C25H44N3O14P/c1-10-28(11-2,12-3)42-43(34,35)41-25-20(27-16(6)29)22(38-15(5)23(32)26-14(4)24(33)36-9)21(39-18(8)31)19(40-25)13-37-17(7)30/h14-15,19-22,25H,10-13H2,1-9H3,(H2-,26,27,29,32,34,35)/q+1/p+1/t14-,15+,19+,20+,21+,22+,25+/m0/s1. The van der Waals surface area contributed by atoms with Gasteiger partial charge in [0.1, 0.15) is 43.9 Å². The molecule has 1 aliphatic heterocycles. The van der Waals surface area contributed by atoms with Gasteiger partial charge in [-0.05, 0) is 34.6 Å². The highest BCUT2D eigenvalue weighted by Gasteiger charge is 2.54. The molecule has 2 amide bonds. The van der Waals surface area contributed by atoms with Gasteiger partial charge in [0.25, 0.3) is 0 Å². The number of carbonyl (C=O) groups excluding carboxylic acids is 5. The first-order valence-corrected chi connectivity index (χ1v) is 15.3. The molecule has 0 aliphatic carbocycles. The molecule has 8 atom stereocenters. The smallest absolute Gasteiger partial charge is 0.467 e. The summed E-state index contributed by atoms with van der Waals surface area (Å²) >= 11 is 0. The number of nitrogens with one attached hydrogen (secondary N) is 2. The Hall–Kier alpha value is -2.66. The number of phosphoric ester groups is 1. The highest BCUT2D eigenvalue weighted by atomic mass is 31.2. The van der Waals surface area contributed by atoms with E-state index in [2.05, 4.69) is 15.4 Å². The molecule has 247 valence electrons. The van der Waals surface area contributed by atoms with E-state index < -0.39 is 86.9 Å². The molecule has 0 aromatic carbocycles. The van der Waals surface area contributed by atoms with Crippen LogP contribution in [0.5, 0.6) is 0 Å². The Morgan fingerprint density at radius 1 is 1.05 bits per heavy atom. The molecule has 17 nitrogen and oxygen atoms in total. The van der Waals surface area contributed by atoms with Crippen molar-refractivity contribution >= 4 is 37.5 Å². The van der Waals surface area contributed by atoms with E-state index in [-0.39, 0.29) is 4.65 Å². The number of phosphoric acid groups is 1. The maximum absolute atomic E-state index is 13.3. The van der Waals surface area contributed by atoms with Gasteiger partial charge in [0.05, 0.1) is 14.0 Å². The number of hydroxylamine groups is 3. The largest absolute Gasteiger partial charge is 0.571 e. The summed E-state index contributed by atoms with van der Waals surface area (Å²) in [5.74, 6) is -3.72. The molecule has 1 saturated heterocycles. The quantitative estimate of drug-likeness (QED) is 0.0508. The van der Waals surface area contributed by atoms with Gasteiger partial charge in [0, 0.05) is 18.6 Å². The normalized spacial score (nSPS) is 24.9. The van der Waals surface area contributed by atoms with Gasteiger partial charge in [0.2, 0.25) is 18.4 Å². The Balaban J connectivity index is 3.58. The maximum atomic E-state index is 13.3. The summed E-state index contributed by atoms with van der Waals surface area (Å²) in [6, 6.07) is -2.52. The van der Waals surface area contributed by atoms with E-state index in [1.165, 1.54) is 13.8 Å². The fraction of sp³-hybridized carbons (Fsp3) is 0.800. The summed E-state index contributed by atoms with van der Waals surface area (Å²) in [6.07, 6.45) is -7.43. The Bertz CT molecular complexity index is 1030. The third kappa shape index (κ3) is 11.7. The van der Waals surface area contributed by atoms with Crippen LogP contribution < -0.4 is 10.6 Å². The topological polar surface area (TPSA) is 214 Å². The first-order chi connectivity index (χ1) is 19.9. The van der Waals surface area contributed by atoms with Crippen LogP contribution in [-0.4, -0.2) is 115 Å². The molecule has 1 heterocycles. The Morgan fingerprint density at radius 2 is 1.63 bits per heavy atom. The van der Waals surface area contributed by atoms with E-state index in [1.54, 1.807) is 20.8 Å². The van der Waals surface area contributed by atoms with Gasteiger partial charge >= 0.3 is 25.7 Å². The number of quaternary nitrogens is 1. The minimum absolute atomic E-state index is 0.256. The number of esters is 3. The van der Waals surface area contributed by atoms with Crippen molar-refractivity contribution in [3.05, 3.63) is 0 Å². The zero-order valence-electron chi connectivity index (χ0n) is 26.0. The van der Waals surface area contributed by atoms with Gasteiger partial charge in [-0.2, -0.15) is 4.65 Å². The zero-order valence-corrected chi connectivity index (χ0v) is 26.9. The average molecular weight is 643 g/mol. The molecule has 0 spiro atoms. The molecule has 3 N–H and O–H groups in total. The minimum Gasteiger partial charge on any atom is -0.467 e. The first-order valence-electron chi connectivity index (χ1n) is 13.8. The van der Waals surface area contributed by atoms with Crippen molar-refractivity contribution in [2.24, 2.45) is 0 Å². The predicted molar refractivity (Wildman–Crippen MR) is 146 cm³/mol. The molecule has 0 saturated carbocycles. The van der Waals surface area contributed by atoms with Crippen molar-refractivity contribution in [3.8, 4) is 0 Å². The van der Waals surface area contributed by atoms with E-state index >= 15 is 0 Å². The molecule has 1 radical (unpaired) electrons. The number of rotatable bonds is 16. The number of nitrogens with zero attached hydrogens (tertiary/aromatic N) is 1. The fourth-order valence-corrected chi connectivity index (χ4v) is 5.55. The molecule has 1 fully saturated rings. The zero-order chi connectivity index (χ0) is 33.1. The number of hydrogen-bond donors (Lipinski definition) is 3. The summed E-state index contributed by atoms with van der Waals surface area (Å²) in [5, 5.41) is 4.90. The second-order valence-corrected chi connectivity index (χ2v) is 11.1. The van der Waals surface area contributed by atoms with E-state index in [9.17, 15) is 33.4 Å². The van der Waals surface area contributed by atoms with Gasteiger partial charge in [-0.15, -0.1) is 0 Å². The minimum atomic E-state index is -4.94. The molecular weight excluding hydrogens is 597 g/mol. The second-order valence-electron chi connectivity index (χ2n) is 9.80. The Morgan fingerprint density at radius 3 is 2.09 bits per heavy atom. The fourth-order valence-electron chi connectivity index (χ4n) is 4.29. The van der Waals surface area contributed by atoms with Gasteiger partial charge in [0.15, 0.2) is 18.5 Å². The monoisotopic (exact) mass is 642 g/mol. The lowest BCUT2D eigenvalue weighted by Gasteiger charge is -2.45. The summed E-state index contributed by atoms with van der Waals surface area (Å²) in [7, 11) is -3.80. The van der Waals surface area contributed by atoms with Crippen LogP contribution in [0.1, 0.15) is 55.4 Å². The van der Waals surface area contributed by atoms with E-state index in [4.69, 9.17) is 28.1 Å². The number of carbonyl (C=O) groups is 5. The Labute approximate surface area is 250 Å². The lowest BCUT2D eigenvalue weighted by molar-refractivity contribution is -1.08. The van der Waals surface area contributed by atoms with Crippen LogP contribution in [0.25, 0.3) is 0 Å². The van der Waals surface area contributed by atoms with Gasteiger partial charge < -0.3 is 34.3 Å². The van der Waals surface area contributed by atoms with Crippen molar-refractivity contribution in [2.45, 2.75) is 98.2 Å². The molecule has 1 rings (SSSR count). The van der Waals surface area contributed by atoms with Crippen LogP contribution in [0.15, 0.2) is 0 Å². The van der Waals surface area contributed by atoms with Gasteiger partial charge in [-0.3, -0.25) is 23.8 Å². The average Bonchev–Trinajstić information content (AvgIpc) is 2.92. The van der Waals surface area contributed by atoms with Crippen molar-refractivity contribution in [1.29, 1.82) is 0 Å². The molecule has 1 aliphatic rings. The van der Waals surface area contributed by atoms with E-state index in [1.807, 2.05) is 0 Å². The molecule has 1 unspecified atom stereocenters. The SMILES string of the molecule is CC[N+](CC)(CC)OP(=O)(O)O[C@H]1O[C@H](COC(C)=[O+])[C@@H](OC(C)=O)[C@H](O[C@H](C)C(=O)N[C@@H](C)C(=O)OC)[C@H]1NC(C)=O. The third-order valence-electron chi connectivity index (χ3n) is 6.66. The maximum Gasteiger partial charge on any atom is 0.571 e. The Kier molecular flexibility index (Phi) is 15.2. The lowest BCUT2D eigenvalue weighted by atomic mass is 9.96. The molecular formula is C25H45N3O14P+2. The molecule has 43 heavy (non-hydrogen) atoms. The highest BCUT2D eigenvalue weighted by molar-refractivity contribution is 7.47. The van der Waals surface area contributed by atoms with Crippen LogP contribution in [0.3, 0.4) is 0 Å². The van der Waals surface area contributed by atoms with Crippen molar-refractivity contribution < 1.29 is 70.9 Å². The number of ether oxygens (including phenoxy) is 5. The molecule has 0 bridgehead atoms. The third-order valence-corrected chi connectivity index (χ3v) is 7.68. The summed E-state index contributed by atoms with van der Waals surface area (Å²) in [5.41, 5.74) is 0. The number of methoxy groups -OCH3 is 1. The van der Waals surface area contributed by atoms with Crippen molar-refractivity contribution in [3.63, 3.8) is 0 Å². The van der Waals surface area contributed by atoms with Crippen LogP contribution in [0.2, 0.25) is 0 Å². The van der Waals surface area contributed by atoms with E-state index in [0.717, 1.165) is 27.9 Å². The number of amides is 2.